The van der Waals surface area contributed by atoms with Gasteiger partial charge in [-0.2, -0.15) is 0 Å². The fourth-order valence-corrected chi connectivity index (χ4v) is 1.38. The molecule has 2 rings (SSSR count). The van der Waals surface area contributed by atoms with E-state index in [1.807, 2.05) is 0 Å². The maximum atomic E-state index is 11.2. The molecule has 0 bridgehead atoms. The third-order valence-corrected chi connectivity index (χ3v) is 2.29. The lowest BCUT2D eigenvalue weighted by atomic mass is 10.2. The van der Waals surface area contributed by atoms with E-state index in [2.05, 4.69) is 4.74 Å². The molecule has 0 radical (unpaired) electrons. The standard InChI is InChI=1S/C10H12O3.C4H6O3/c1-3-13-10(11)8-5-4-6-9(7-8)12-2;5-4-3-6-1-2-7-4/h4-7H,3H2,1-2H3;1-3H2. The zero-order valence-corrected chi connectivity index (χ0v) is 11.6. The fourth-order valence-electron chi connectivity index (χ4n) is 1.38. The Kier molecular flexibility index (Phi) is 7.13. The molecule has 1 aromatic carbocycles. The van der Waals surface area contributed by atoms with E-state index < -0.39 is 0 Å². The highest BCUT2D eigenvalue weighted by Crippen LogP contribution is 2.13. The molecule has 1 fully saturated rings. The molecule has 0 saturated carbocycles. The fraction of sp³-hybridized carbons (Fsp3) is 0.429. The van der Waals surface area contributed by atoms with E-state index in [1.54, 1.807) is 38.3 Å². The molecule has 0 unspecified atom stereocenters. The highest BCUT2D eigenvalue weighted by atomic mass is 16.6. The minimum atomic E-state index is -0.318. The Morgan fingerprint density at radius 2 is 2.15 bits per heavy atom. The van der Waals surface area contributed by atoms with Crippen molar-refractivity contribution in [2.75, 3.05) is 33.5 Å². The first-order valence-corrected chi connectivity index (χ1v) is 6.22. The number of carbonyl (C=O) groups is 2. The van der Waals surface area contributed by atoms with Crippen molar-refractivity contribution >= 4 is 11.9 Å². The maximum Gasteiger partial charge on any atom is 0.338 e. The van der Waals surface area contributed by atoms with Gasteiger partial charge in [0.1, 0.15) is 19.0 Å². The molecule has 1 aromatic rings. The number of rotatable bonds is 3. The Morgan fingerprint density at radius 3 is 2.65 bits per heavy atom. The average molecular weight is 282 g/mol. The van der Waals surface area contributed by atoms with Gasteiger partial charge in [0.2, 0.25) is 0 Å². The van der Waals surface area contributed by atoms with Crippen molar-refractivity contribution in [3.63, 3.8) is 0 Å². The molecule has 1 heterocycles. The minimum absolute atomic E-state index is 0.125. The van der Waals surface area contributed by atoms with Gasteiger partial charge in [-0.25, -0.2) is 9.59 Å². The zero-order chi connectivity index (χ0) is 14.8. The van der Waals surface area contributed by atoms with Crippen molar-refractivity contribution < 1.29 is 28.5 Å². The summed E-state index contributed by atoms with van der Waals surface area (Å²) in [6, 6.07) is 6.88. The Hall–Kier alpha value is -2.08. The number of carbonyl (C=O) groups excluding carboxylic acids is 2. The lowest BCUT2D eigenvalue weighted by Crippen LogP contribution is -2.22. The van der Waals surface area contributed by atoms with Crippen LogP contribution in [-0.2, 0) is 19.0 Å². The number of cyclic esters (lactones) is 1. The SMILES string of the molecule is CCOC(=O)c1cccc(OC)c1.O=C1COCCO1. The van der Waals surface area contributed by atoms with E-state index in [0.29, 0.717) is 31.1 Å². The topological polar surface area (TPSA) is 71.1 Å². The van der Waals surface area contributed by atoms with Crippen molar-refractivity contribution in [1.82, 2.24) is 0 Å². The molecule has 1 aliphatic rings. The largest absolute Gasteiger partial charge is 0.497 e. The molecule has 20 heavy (non-hydrogen) atoms. The van der Waals surface area contributed by atoms with Gasteiger partial charge in [0.15, 0.2) is 0 Å². The normalized spacial score (nSPS) is 13.6. The van der Waals surface area contributed by atoms with Crippen LogP contribution in [0, 0.1) is 0 Å². The summed E-state index contributed by atoms with van der Waals surface area (Å²) in [5.41, 5.74) is 0.515. The van der Waals surface area contributed by atoms with Gasteiger partial charge in [-0.05, 0) is 25.1 Å². The van der Waals surface area contributed by atoms with Gasteiger partial charge in [-0.1, -0.05) is 6.07 Å². The van der Waals surface area contributed by atoms with Crippen LogP contribution >= 0.6 is 0 Å². The summed E-state index contributed by atoms with van der Waals surface area (Å²) in [5, 5.41) is 0. The van der Waals surface area contributed by atoms with Crippen LogP contribution in [0.5, 0.6) is 5.75 Å². The summed E-state index contributed by atoms with van der Waals surface area (Å²) < 4.78 is 19.0. The van der Waals surface area contributed by atoms with Crippen molar-refractivity contribution in [2.45, 2.75) is 6.92 Å². The second-order valence-corrected chi connectivity index (χ2v) is 3.73. The summed E-state index contributed by atoms with van der Waals surface area (Å²) in [5.74, 6) is 0.0817. The van der Waals surface area contributed by atoms with Crippen molar-refractivity contribution in [3.05, 3.63) is 29.8 Å². The molecular weight excluding hydrogens is 264 g/mol. The lowest BCUT2D eigenvalue weighted by molar-refractivity contribution is -0.159. The molecule has 1 saturated heterocycles. The molecule has 0 atom stereocenters. The third kappa shape index (κ3) is 5.71. The first-order valence-electron chi connectivity index (χ1n) is 6.22. The summed E-state index contributed by atoms with van der Waals surface area (Å²) in [6.45, 7) is 3.25. The van der Waals surface area contributed by atoms with E-state index in [0.717, 1.165) is 0 Å². The van der Waals surface area contributed by atoms with Gasteiger partial charge in [-0.15, -0.1) is 0 Å². The van der Waals surface area contributed by atoms with Crippen molar-refractivity contribution in [2.24, 2.45) is 0 Å². The number of hydrogen-bond acceptors (Lipinski definition) is 6. The predicted molar refractivity (Wildman–Crippen MR) is 70.7 cm³/mol. The highest BCUT2D eigenvalue weighted by Gasteiger charge is 2.07. The van der Waals surface area contributed by atoms with Gasteiger partial charge in [0.25, 0.3) is 0 Å². The van der Waals surface area contributed by atoms with Crippen LogP contribution in [0.2, 0.25) is 0 Å². The average Bonchev–Trinajstić information content (AvgIpc) is 2.49. The van der Waals surface area contributed by atoms with Crippen LogP contribution in [0.1, 0.15) is 17.3 Å². The molecule has 0 spiro atoms. The Morgan fingerprint density at radius 1 is 1.35 bits per heavy atom. The minimum Gasteiger partial charge on any atom is -0.497 e. The Bertz CT molecular complexity index is 435. The van der Waals surface area contributed by atoms with E-state index >= 15 is 0 Å². The number of esters is 2. The van der Waals surface area contributed by atoms with E-state index in [4.69, 9.17) is 14.2 Å². The Balaban J connectivity index is 0.000000240. The van der Waals surface area contributed by atoms with E-state index in [9.17, 15) is 9.59 Å². The van der Waals surface area contributed by atoms with Crippen molar-refractivity contribution in [3.8, 4) is 5.75 Å². The summed E-state index contributed by atoms with van der Waals surface area (Å²) in [4.78, 5) is 21.4. The van der Waals surface area contributed by atoms with Crippen LogP contribution in [0.15, 0.2) is 24.3 Å². The van der Waals surface area contributed by atoms with Crippen LogP contribution < -0.4 is 4.74 Å². The first-order chi connectivity index (χ1) is 9.67. The van der Waals surface area contributed by atoms with Crippen molar-refractivity contribution in [1.29, 1.82) is 0 Å². The van der Waals surface area contributed by atoms with Crippen LogP contribution in [0.25, 0.3) is 0 Å². The number of ether oxygens (including phenoxy) is 4. The number of methoxy groups -OCH3 is 1. The van der Waals surface area contributed by atoms with Crippen LogP contribution in [0.3, 0.4) is 0 Å². The van der Waals surface area contributed by atoms with Gasteiger partial charge >= 0.3 is 11.9 Å². The lowest BCUT2D eigenvalue weighted by Gasteiger charge is -2.09. The maximum absolute atomic E-state index is 11.2. The molecule has 6 heteroatoms. The second kappa shape index (κ2) is 8.92. The number of hydrogen-bond donors (Lipinski definition) is 0. The second-order valence-electron chi connectivity index (χ2n) is 3.73. The van der Waals surface area contributed by atoms with Gasteiger partial charge in [0.05, 0.1) is 25.9 Å². The third-order valence-electron chi connectivity index (χ3n) is 2.29. The Labute approximate surface area is 117 Å². The van der Waals surface area contributed by atoms with Gasteiger partial charge < -0.3 is 18.9 Å². The summed E-state index contributed by atoms with van der Waals surface area (Å²) in [6.07, 6.45) is 0. The van der Waals surface area contributed by atoms with Gasteiger partial charge in [-0.3, -0.25) is 0 Å². The zero-order valence-electron chi connectivity index (χ0n) is 11.6. The quantitative estimate of drug-likeness (QED) is 0.781. The summed E-state index contributed by atoms with van der Waals surface area (Å²) in [7, 11) is 1.56. The molecule has 0 aromatic heterocycles. The van der Waals surface area contributed by atoms with E-state index in [1.165, 1.54) is 0 Å². The highest BCUT2D eigenvalue weighted by molar-refractivity contribution is 5.89. The molecular formula is C14H18O6. The smallest absolute Gasteiger partial charge is 0.338 e. The van der Waals surface area contributed by atoms with Crippen LogP contribution in [-0.4, -0.2) is 45.5 Å². The summed E-state index contributed by atoms with van der Waals surface area (Å²) >= 11 is 0. The molecule has 0 N–H and O–H groups in total. The first kappa shape index (κ1) is 16.0. The van der Waals surface area contributed by atoms with Gasteiger partial charge in [0, 0.05) is 0 Å². The molecule has 6 nitrogen and oxygen atoms in total. The number of benzene rings is 1. The predicted octanol–water partition coefficient (Wildman–Crippen LogP) is 1.43. The van der Waals surface area contributed by atoms with E-state index in [-0.39, 0.29) is 18.5 Å². The molecule has 1 aliphatic heterocycles. The molecule has 0 amide bonds. The van der Waals surface area contributed by atoms with Crippen LogP contribution in [0.4, 0.5) is 0 Å². The molecule has 110 valence electrons. The molecule has 0 aliphatic carbocycles. The monoisotopic (exact) mass is 282 g/mol.